The number of likely N-dealkylation sites (N-methyl/N-ethyl adjacent to an activating group) is 1. The lowest BCUT2D eigenvalue weighted by molar-refractivity contribution is -0.138. The smallest absolute Gasteiger partial charge is 0.316 e. The minimum atomic E-state index is -1.37. The average molecular weight is 451 g/mol. The van der Waals surface area contributed by atoms with Crippen LogP contribution >= 0.6 is 0 Å². The second-order valence-electron chi connectivity index (χ2n) is 7.64. The van der Waals surface area contributed by atoms with Gasteiger partial charge >= 0.3 is 12.0 Å². The van der Waals surface area contributed by atoms with E-state index in [0.717, 1.165) is 11.1 Å². The van der Waals surface area contributed by atoms with E-state index in [-0.39, 0.29) is 6.42 Å². The Labute approximate surface area is 191 Å². The van der Waals surface area contributed by atoms with Crippen molar-refractivity contribution in [1.82, 2.24) is 15.5 Å². The summed E-state index contributed by atoms with van der Waals surface area (Å²) in [7, 11) is 3.07. The largest absolute Gasteiger partial charge is 0.497 e. The molecule has 1 aliphatic heterocycles. The van der Waals surface area contributed by atoms with Gasteiger partial charge in [-0.15, -0.1) is 0 Å². The Hall–Kier alpha value is -4.14. The fraction of sp³-hybridized carbons (Fsp3) is 0.250. The first-order valence-corrected chi connectivity index (χ1v) is 10.2. The zero-order valence-corrected chi connectivity index (χ0v) is 18.5. The van der Waals surface area contributed by atoms with Gasteiger partial charge in [0.05, 0.1) is 19.6 Å². The molecular weight excluding hydrogens is 426 g/mol. The van der Waals surface area contributed by atoms with Crippen LogP contribution in [0, 0.1) is 0 Å². The molecule has 9 nitrogen and oxygen atoms in total. The third-order valence-electron chi connectivity index (χ3n) is 5.39. The average Bonchev–Trinajstić information content (AvgIpc) is 2.80. The monoisotopic (exact) mass is 451 g/mol. The van der Waals surface area contributed by atoms with Crippen molar-refractivity contribution in [2.24, 2.45) is 0 Å². The van der Waals surface area contributed by atoms with Crippen LogP contribution in [-0.4, -0.2) is 53.9 Å². The first-order chi connectivity index (χ1) is 15.7. The fourth-order valence-corrected chi connectivity index (χ4v) is 3.50. The van der Waals surface area contributed by atoms with Gasteiger partial charge in [0.1, 0.15) is 5.75 Å². The standard InChI is InChI=1S/C24H25N3O6/c1-14-10-20(28)22(23(31)27(14)2)26-24(32)25-19(13-21(29)30)17-8-4-6-15(11-17)16-7-5-9-18(12-16)33-3/h4-12,19,22H,13H2,1-3H3,(H,29,30)(H2,25,26,32). The van der Waals surface area contributed by atoms with Crippen LogP contribution in [0.15, 0.2) is 60.3 Å². The molecular formula is C24H25N3O6. The molecule has 0 saturated heterocycles. The van der Waals surface area contributed by atoms with Crippen molar-refractivity contribution >= 4 is 23.7 Å². The van der Waals surface area contributed by atoms with Gasteiger partial charge in [-0.1, -0.05) is 30.3 Å². The Morgan fingerprint density at radius 1 is 1.12 bits per heavy atom. The van der Waals surface area contributed by atoms with Gasteiger partial charge in [0.15, 0.2) is 11.8 Å². The maximum Gasteiger partial charge on any atom is 0.316 e. The number of rotatable bonds is 7. The predicted octanol–water partition coefficient (Wildman–Crippen LogP) is 2.49. The van der Waals surface area contributed by atoms with Crippen LogP contribution in [0.25, 0.3) is 11.1 Å². The number of benzene rings is 2. The lowest BCUT2D eigenvalue weighted by Gasteiger charge is -2.28. The number of nitrogens with zero attached hydrogens (tertiary/aromatic N) is 1. The van der Waals surface area contributed by atoms with Crippen molar-refractivity contribution in [2.45, 2.75) is 25.4 Å². The number of aliphatic carboxylic acids is 1. The number of allylic oxidation sites excluding steroid dienone is 1. The molecule has 3 rings (SSSR count). The number of nitrogens with one attached hydrogen (secondary N) is 2. The van der Waals surface area contributed by atoms with Gasteiger partial charge in [-0.05, 0) is 41.8 Å². The molecule has 172 valence electrons. The second kappa shape index (κ2) is 9.99. The maximum atomic E-state index is 12.6. The number of ether oxygens (including phenoxy) is 1. The molecule has 2 aromatic rings. The van der Waals surface area contributed by atoms with Crippen LogP contribution in [0.5, 0.6) is 5.75 Å². The van der Waals surface area contributed by atoms with Crippen molar-refractivity contribution in [3.63, 3.8) is 0 Å². The second-order valence-corrected chi connectivity index (χ2v) is 7.64. The van der Waals surface area contributed by atoms with Gasteiger partial charge in [-0.3, -0.25) is 14.4 Å². The van der Waals surface area contributed by atoms with Gasteiger partial charge in [-0.2, -0.15) is 0 Å². The number of amides is 3. The van der Waals surface area contributed by atoms with Gasteiger partial charge < -0.3 is 25.4 Å². The van der Waals surface area contributed by atoms with Gasteiger partial charge in [0, 0.05) is 18.8 Å². The van der Waals surface area contributed by atoms with E-state index >= 15 is 0 Å². The quantitative estimate of drug-likeness (QED) is 0.556. The van der Waals surface area contributed by atoms with Crippen LogP contribution in [0.3, 0.4) is 0 Å². The number of methoxy groups -OCH3 is 1. The lowest BCUT2D eigenvalue weighted by Crippen LogP contribution is -2.56. The molecule has 1 aliphatic rings. The van der Waals surface area contributed by atoms with Gasteiger partial charge in [0.2, 0.25) is 0 Å². The molecule has 0 spiro atoms. The highest BCUT2D eigenvalue weighted by Crippen LogP contribution is 2.27. The SMILES string of the molecule is COc1cccc(-c2cccc(C(CC(=O)O)NC(=O)NC3C(=O)C=C(C)N(C)C3=O)c2)c1. The van der Waals surface area contributed by atoms with Gasteiger partial charge in [0.25, 0.3) is 5.91 Å². The lowest BCUT2D eigenvalue weighted by atomic mass is 9.97. The summed E-state index contributed by atoms with van der Waals surface area (Å²) in [6.07, 6.45) is 0.888. The summed E-state index contributed by atoms with van der Waals surface area (Å²) in [6, 6.07) is 11.4. The molecule has 2 aromatic carbocycles. The van der Waals surface area contributed by atoms with Crippen molar-refractivity contribution in [3.05, 3.63) is 65.9 Å². The molecule has 0 fully saturated rings. The van der Waals surface area contributed by atoms with Gasteiger partial charge in [-0.25, -0.2) is 4.79 Å². The van der Waals surface area contributed by atoms with Crippen LogP contribution in [-0.2, 0) is 14.4 Å². The number of carbonyl (C=O) groups is 4. The summed E-state index contributed by atoms with van der Waals surface area (Å²) in [5.41, 5.74) is 2.70. The van der Waals surface area contributed by atoms with E-state index in [0.29, 0.717) is 17.0 Å². The number of urea groups is 1. The summed E-state index contributed by atoms with van der Waals surface area (Å²) >= 11 is 0. The van der Waals surface area contributed by atoms with E-state index in [4.69, 9.17) is 4.74 Å². The molecule has 0 bridgehead atoms. The summed E-state index contributed by atoms with van der Waals surface area (Å²) < 4.78 is 5.26. The zero-order valence-electron chi connectivity index (χ0n) is 18.5. The summed E-state index contributed by atoms with van der Waals surface area (Å²) in [5.74, 6) is -1.55. The number of carboxylic acid groups (broad SMARTS) is 1. The molecule has 1 heterocycles. The highest BCUT2D eigenvalue weighted by Gasteiger charge is 2.34. The Bertz CT molecular complexity index is 1130. The highest BCUT2D eigenvalue weighted by molar-refractivity contribution is 6.14. The van der Waals surface area contributed by atoms with Crippen molar-refractivity contribution in [2.75, 3.05) is 14.2 Å². The van der Waals surface area contributed by atoms with Crippen LogP contribution < -0.4 is 15.4 Å². The summed E-state index contributed by atoms with van der Waals surface area (Å²) in [5, 5.41) is 14.3. The zero-order chi connectivity index (χ0) is 24.1. The first-order valence-electron chi connectivity index (χ1n) is 10.2. The maximum absolute atomic E-state index is 12.6. The number of hydrogen-bond donors (Lipinski definition) is 3. The molecule has 0 saturated carbocycles. The van der Waals surface area contributed by atoms with E-state index in [1.165, 1.54) is 18.0 Å². The summed E-state index contributed by atoms with van der Waals surface area (Å²) in [4.78, 5) is 50.0. The number of ketones is 1. The van der Waals surface area contributed by atoms with E-state index in [9.17, 15) is 24.3 Å². The van der Waals surface area contributed by atoms with Crippen LogP contribution in [0.1, 0.15) is 24.9 Å². The van der Waals surface area contributed by atoms with Crippen LogP contribution in [0.4, 0.5) is 4.79 Å². The normalized spacial score (nSPS) is 16.6. The van der Waals surface area contributed by atoms with Crippen LogP contribution in [0.2, 0.25) is 0 Å². The number of carboxylic acids is 1. The Balaban J connectivity index is 1.82. The third kappa shape index (κ3) is 5.57. The Morgan fingerprint density at radius 2 is 1.79 bits per heavy atom. The predicted molar refractivity (Wildman–Crippen MR) is 120 cm³/mol. The molecule has 2 atom stereocenters. The van der Waals surface area contributed by atoms with Crippen molar-refractivity contribution < 1.29 is 29.0 Å². The topological polar surface area (TPSA) is 125 Å². The molecule has 0 aromatic heterocycles. The molecule has 2 unspecified atom stereocenters. The molecule has 0 aliphatic carbocycles. The molecule has 0 radical (unpaired) electrons. The molecule has 33 heavy (non-hydrogen) atoms. The molecule has 3 N–H and O–H groups in total. The fourth-order valence-electron chi connectivity index (χ4n) is 3.50. The van der Waals surface area contributed by atoms with E-state index in [1.54, 1.807) is 32.2 Å². The Morgan fingerprint density at radius 3 is 2.45 bits per heavy atom. The third-order valence-corrected chi connectivity index (χ3v) is 5.39. The van der Waals surface area contributed by atoms with E-state index in [2.05, 4.69) is 10.6 Å². The van der Waals surface area contributed by atoms with E-state index < -0.39 is 35.8 Å². The number of carbonyl (C=O) groups excluding carboxylic acids is 3. The first kappa shape index (κ1) is 23.5. The Kier molecular flexibility index (Phi) is 7.12. The van der Waals surface area contributed by atoms with E-state index in [1.807, 2.05) is 30.3 Å². The summed E-state index contributed by atoms with van der Waals surface area (Å²) in [6.45, 7) is 1.62. The number of hydrogen-bond acceptors (Lipinski definition) is 5. The molecule has 9 heteroatoms. The minimum absolute atomic E-state index is 0.388. The minimum Gasteiger partial charge on any atom is -0.497 e. The van der Waals surface area contributed by atoms with Crippen molar-refractivity contribution in [1.29, 1.82) is 0 Å². The molecule has 3 amide bonds. The highest BCUT2D eigenvalue weighted by atomic mass is 16.5. The van der Waals surface area contributed by atoms with Crippen molar-refractivity contribution in [3.8, 4) is 16.9 Å².